The van der Waals surface area contributed by atoms with E-state index in [-0.39, 0.29) is 22.0 Å². The van der Waals surface area contributed by atoms with E-state index in [0.29, 0.717) is 5.56 Å². The van der Waals surface area contributed by atoms with Crippen LogP contribution in [0.25, 0.3) is 0 Å². The van der Waals surface area contributed by atoms with Crippen LogP contribution in [0, 0.1) is 0 Å². The third kappa shape index (κ3) is 5.94. The van der Waals surface area contributed by atoms with Gasteiger partial charge in [0.05, 0.1) is 12.0 Å². The van der Waals surface area contributed by atoms with Crippen LogP contribution < -0.4 is 8.91 Å². The number of esters is 1. The fourth-order valence-corrected chi connectivity index (χ4v) is 5.01. The summed E-state index contributed by atoms with van der Waals surface area (Å²) >= 11 is 0. The van der Waals surface area contributed by atoms with Gasteiger partial charge in [-0.3, -0.25) is 4.79 Å². The maximum Gasteiger partial charge on any atom is 0.339 e. The molecule has 8 nitrogen and oxygen atoms in total. The molecule has 0 saturated heterocycles. The Labute approximate surface area is 187 Å². The predicted molar refractivity (Wildman–Crippen MR) is 117 cm³/mol. The Kier molecular flexibility index (Phi) is 7.29. The van der Waals surface area contributed by atoms with E-state index >= 15 is 0 Å². The van der Waals surface area contributed by atoms with Gasteiger partial charge in [-0.15, -0.1) is 0 Å². The summed E-state index contributed by atoms with van der Waals surface area (Å²) in [5, 5.41) is 0. The number of carbonyl (C=O) groups excluding carboxylic acids is 1. The smallest absolute Gasteiger partial charge is 0.339 e. The van der Waals surface area contributed by atoms with Crippen LogP contribution in [0.2, 0.25) is 0 Å². The Balaban J connectivity index is 1.74. The molecule has 1 unspecified atom stereocenters. The molecule has 168 valence electrons. The Morgan fingerprint density at radius 2 is 1.34 bits per heavy atom. The topological polar surface area (TPSA) is 116 Å². The first-order chi connectivity index (χ1) is 15.2. The molecule has 0 heterocycles. The maximum atomic E-state index is 12.6. The largest absolute Gasteiger partial charge is 0.468 e. The molecule has 10 heteroatoms. The molecule has 3 aromatic carbocycles. The number of hydrogen-bond donors (Lipinski definition) is 1. The molecule has 0 aromatic heterocycles. The molecule has 0 aliphatic heterocycles. The number of sulfonamides is 1. The zero-order chi connectivity index (χ0) is 23.2. The van der Waals surface area contributed by atoms with Crippen LogP contribution in [-0.4, -0.2) is 36.0 Å². The van der Waals surface area contributed by atoms with Crippen LogP contribution in [0.1, 0.15) is 5.56 Å². The van der Waals surface area contributed by atoms with Crippen molar-refractivity contribution in [2.45, 2.75) is 22.3 Å². The lowest BCUT2D eigenvalue weighted by Crippen LogP contribution is -2.42. The number of hydrogen-bond acceptors (Lipinski definition) is 7. The Bertz CT molecular complexity index is 1260. The monoisotopic (exact) mass is 475 g/mol. The second-order valence-electron chi connectivity index (χ2n) is 6.71. The zero-order valence-electron chi connectivity index (χ0n) is 17.0. The predicted octanol–water partition coefficient (Wildman–Crippen LogP) is 2.52. The van der Waals surface area contributed by atoms with E-state index in [1.807, 2.05) is 0 Å². The van der Waals surface area contributed by atoms with E-state index in [1.54, 1.807) is 48.5 Å². The molecule has 0 amide bonds. The summed E-state index contributed by atoms with van der Waals surface area (Å²) in [7, 11) is -6.78. The fourth-order valence-electron chi connectivity index (χ4n) is 2.85. The molecule has 0 saturated carbocycles. The first kappa shape index (κ1) is 23.5. The van der Waals surface area contributed by atoms with Crippen LogP contribution >= 0.6 is 0 Å². The highest BCUT2D eigenvalue weighted by molar-refractivity contribution is 7.89. The highest BCUT2D eigenvalue weighted by Gasteiger charge is 2.27. The standard InChI is InChI=1S/C22H21NO7S2/c1-29-22(24)21(23-31(25,26)19-8-4-2-5-9-19)16-17-12-14-18(15-13-17)30-32(27,28)20-10-6-3-7-11-20/h2-15,21,23H,16H2,1H3. The van der Waals surface area contributed by atoms with E-state index < -0.39 is 32.2 Å². The van der Waals surface area contributed by atoms with Gasteiger partial charge in [0.2, 0.25) is 10.0 Å². The third-order valence-electron chi connectivity index (χ3n) is 4.44. The van der Waals surface area contributed by atoms with Gasteiger partial charge in [-0.25, -0.2) is 8.42 Å². The number of rotatable bonds is 9. The summed E-state index contributed by atoms with van der Waals surface area (Å²) in [6.45, 7) is 0. The SMILES string of the molecule is COC(=O)C(Cc1ccc(OS(=O)(=O)c2ccccc2)cc1)NS(=O)(=O)c1ccccc1. The van der Waals surface area contributed by atoms with Gasteiger partial charge in [0.25, 0.3) is 0 Å². The van der Waals surface area contributed by atoms with E-state index in [4.69, 9.17) is 8.92 Å². The minimum atomic E-state index is -3.99. The number of ether oxygens (including phenoxy) is 1. The van der Waals surface area contributed by atoms with Gasteiger partial charge in [0.15, 0.2) is 0 Å². The molecule has 0 bridgehead atoms. The van der Waals surface area contributed by atoms with Gasteiger partial charge in [-0.1, -0.05) is 48.5 Å². The highest BCUT2D eigenvalue weighted by Crippen LogP contribution is 2.20. The van der Waals surface area contributed by atoms with Crippen LogP contribution in [0.15, 0.2) is 94.7 Å². The quantitative estimate of drug-likeness (QED) is 0.373. The summed E-state index contributed by atoms with van der Waals surface area (Å²) in [5.74, 6) is -0.673. The number of carbonyl (C=O) groups is 1. The normalized spacial score (nSPS) is 12.7. The van der Waals surface area contributed by atoms with Gasteiger partial charge in [0, 0.05) is 0 Å². The molecule has 0 aliphatic rings. The van der Waals surface area contributed by atoms with Gasteiger partial charge < -0.3 is 8.92 Å². The second kappa shape index (κ2) is 9.94. The van der Waals surface area contributed by atoms with Crippen molar-refractivity contribution in [2.24, 2.45) is 0 Å². The van der Waals surface area contributed by atoms with Crippen LogP contribution in [-0.2, 0) is 36.1 Å². The molecule has 1 N–H and O–H groups in total. The van der Waals surface area contributed by atoms with Crippen molar-refractivity contribution in [3.05, 3.63) is 90.5 Å². The van der Waals surface area contributed by atoms with E-state index in [2.05, 4.69) is 4.72 Å². The van der Waals surface area contributed by atoms with Crippen LogP contribution in [0.5, 0.6) is 5.75 Å². The molecular formula is C22H21NO7S2. The number of nitrogens with one attached hydrogen (secondary N) is 1. The van der Waals surface area contributed by atoms with Gasteiger partial charge in [0.1, 0.15) is 16.7 Å². The molecular weight excluding hydrogens is 454 g/mol. The van der Waals surface area contributed by atoms with Gasteiger partial charge in [-0.05, 0) is 48.4 Å². The van der Waals surface area contributed by atoms with E-state index in [0.717, 1.165) is 7.11 Å². The first-order valence-corrected chi connectivity index (χ1v) is 12.3. The average Bonchev–Trinajstić information content (AvgIpc) is 2.80. The summed E-state index contributed by atoms with van der Waals surface area (Å²) in [6.07, 6.45) is -0.00947. The van der Waals surface area contributed by atoms with Crippen molar-refractivity contribution in [2.75, 3.05) is 7.11 Å². The lowest BCUT2D eigenvalue weighted by atomic mass is 10.1. The maximum absolute atomic E-state index is 12.6. The van der Waals surface area contributed by atoms with Gasteiger partial charge >= 0.3 is 16.1 Å². The highest BCUT2D eigenvalue weighted by atomic mass is 32.2. The van der Waals surface area contributed by atoms with Crippen molar-refractivity contribution in [1.29, 1.82) is 0 Å². The Hall–Kier alpha value is -3.21. The summed E-state index contributed by atoms with van der Waals surface area (Å²) < 4.78 is 62.0. The molecule has 0 radical (unpaired) electrons. The molecule has 1 atom stereocenters. The van der Waals surface area contributed by atoms with Crippen molar-refractivity contribution in [1.82, 2.24) is 4.72 Å². The minimum absolute atomic E-state index is 0.00947. The van der Waals surface area contributed by atoms with E-state index in [1.165, 1.54) is 36.4 Å². The van der Waals surface area contributed by atoms with Crippen molar-refractivity contribution >= 4 is 26.1 Å². The summed E-state index contributed by atoms with van der Waals surface area (Å²) in [5.41, 5.74) is 0.570. The van der Waals surface area contributed by atoms with E-state index in [9.17, 15) is 21.6 Å². The Morgan fingerprint density at radius 3 is 1.88 bits per heavy atom. The number of methoxy groups -OCH3 is 1. The molecule has 0 aliphatic carbocycles. The summed E-state index contributed by atoms with van der Waals surface area (Å²) in [4.78, 5) is 12.2. The second-order valence-corrected chi connectivity index (χ2v) is 9.97. The molecule has 0 spiro atoms. The van der Waals surface area contributed by atoms with Crippen LogP contribution in [0.3, 0.4) is 0 Å². The first-order valence-electron chi connectivity index (χ1n) is 9.45. The minimum Gasteiger partial charge on any atom is -0.468 e. The van der Waals surface area contributed by atoms with Gasteiger partial charge in [-0.2, -0.15) is 13.1 Å². The zero-order valence-corrected chi connectivity index (χ0v) is 18.7. The lowest BCUT2D eigenvalue weighted by Gasteiger charge is -2.17. The summed E-state index contributed by atoms with van der Waals surface area (Å²) in [6, 6.07) is 20.1. The fraction of sp³-hybridized carbons (Fsp3) is 0.136. The molecule has 3 rings (SSSR count). The lowest BCUT2D eigenvalue weighted by molar-refractivity contribution is -0.142. The molecule has 32 heavy (non-hydrogen) atoms. The average molecular weight is 476 g/mol. The Morgan fingerprint density at radius 1 is 0.812 bits per heavy atom. The third-order valence-corrected chi connectivity index (χ3v) is 7.19. The number of benzene rings is 3. The van der Waals surface area contributed by atoms with Crippen molar-refractivity contribution in [3.8, 4) is 5.75 Å². The van der Waals surface area contributed by atoms with Crippen molar-refractivity contribution in [3.63, 3.8) is 0 Å². The molecule has 3 aromatic rings. The molecule has 0 fully saturated rings. The van der Waals surface area contributed by atoms with Crippen LogP contribution in [0.4, 0.5) is 0 Å². The van der Waals surface area contributed by atoms with Crippen molar-refractivity contribution < 1.29 is 30.6 Å².